The highest BCUT2D eigenvalue weighted by Crippen LogP contribution is 2.41. The highest BCUT2D eigenvalue weighted by atomic mass is 16.1. The van der Waals surface area contributed by atoms with E-state index < -0.39 is 0 Å². The Kier molecular flexibility index (Phi) is 9.34. The number of rotatable bonds is 9. The molecule has 6 rings (SSSR count). The number of likely N-dealkylation sites (N-methyl/N-ethyl adjacent to an activating group) is 1. The normalized spacial score (nSPS) is 16.9. The number of aliphatic imine (C=N–C) groups is 1. The van der Waals surface area contributed by atoms with Crippen LogP contribution in [0.5, 0.6) is 0 Å². The van der Waals surface area contributed by atoms with Crippen molar-refractivity contribution in [1.82, 2.24) is 20.0 Å². The van der Waals surface area contributed by atoms with Crippen LogP contribution in [0.4, 0.5) is 11.4 Å². The molecule has 7 nitrogen and oxygen atoms in total. The first-order chi connectivity index (χ1) is 21.5. The summed E-state index contributed by atoms with van der Waals surface area (Å²) in [6.45, 7) is 6.37. The second-order valence-corrected chi connectivity index (χ2v) is 11.9. The van der Waals surface area contributed by atoms with Crippen molar-refractivity contribution in [3.63, 3.8) is 0 Å². The maximum absolute atomic E-state index is 13.6. The number of nitrogens with zero attached hydrogens (tertiary/aromatic N) is 5. The standard InChI is InChI=1S/C37H42N6O/c1-40(2)21-22-41-23-25-42(26-24-41)37-39-34-16-10-9-15-33(34)35(27-36(44)38-28-29-11-5-3-6-12-29)43(37)32-19-17-31(18-20-32)30-13-7-4-8-14-30/h3-20,35H,21-28H2,1-2H3,(H,38,44). The zero-order valence-corrected chi connectivity index (χ0v) is 25.8. The number of para-hydroxylation sites is 1. The molecule has 4 aromatic rings. The minimum Gasteiger partial charge on any atom is -0.352 e. The van der Waals surface area contributed by atoms with Gasteiger partial charge in [0, 0.05) is 57.1 Å². The molecular weight excluding hydrogens is 544 g/mol. The predicted molar refractivity (Wildman–Crippen MR) is 180 cm³/mol. The van der Waals surface area contributed by atoms with Crippen LogP contribution in [0.25, 0.3) is 11.1 Å². The van der Waals surface area contributed by atoms with Gasteiger partial charge in [-0.25, -0.2) is 4.99 Å². The summed E-state index contributed by atoms with van der Waals surface area (Å²) in [4.78, 5) is 28.3. The lowest BCUT2D eigenvalue weighted by Crippen LogP contribution is -2.56. The van der Waals surface area contributed by atoms with Gasteiger partial charge in [0.1, 0.15) is 0 Å². The molecule has 4 aromatic carbocycles. The Morgan fingerprint density at radius 3 is 2.14 bits per heavy atom. The van der Waals surface area contributed by atoms with Crippen molar-refractivity contribution in [1.29, 1.82) is 0 Å². The van der Waals surface area contributed by atoms with Crippen LogP contribution >= 0.6 is 0 Å². The second-order valence-electron chi connectivity index (χ2n) is 11.9. The van der Waals surface area contributed by atoms with Crippen molar-refractivity contribution in [2.24, 2.45) is 4.99 Å². The number of fused-ring (bicyclic) bond motifs is 1. The van der Waals surface area contributed by atoms with Crippen LogP contribution in [0.2, 0.25) is 0 Å². The number of hydrogen-bond acceptors (Lipinski definition) is 6. The van der Waals surface area contributed by atoms with Gasteiger partial charge in [0.05, 0.1) is 18.2 Å². The molecule has 1 amide bonds. The van der Waals surface area contributed by atoms with Crippen molar-refractivity contribution in [3.05, 3.63) is 120 Å². The molecule has 0 radical (unpaired) electrons. The summed E-state index contributed by atoms with van der Waals surface area (Å²) in [6, 6.07) is 37.3. The minimum absolute atomic E-state index is 0.0225. The van der Waals surface area contributed by atoms with E-state index >= 15 is 0 Å². The molecule has 1 saturated heterocycles. The van der Waals surface area contributed by atoms with E-state index in [4.69, 9.17) is 4.99 Å². The number of anilines is 1. The van der Waals surface area contributed by atoms with Crippen LogP contribution in [0, 0.1) is 0 Å². The molecule has 1 atom stereocenters. The molecule has 2 aliphatic heterocycles. The maximum atomic E-state index is 13.6. The summed E-state index contributed by atoms with van der Waals surface area (Å²) >= 11 is 0. The average Bonchev–Trinajstić information content (AvgIpc) is 3.07. The first kappa shape index (κ1) is 29.6. The molecule has 44 heavy (non-hydrogen) atoms. The van der Waals surface area contributed by atoms with Crippen molar-refractivity contribution < 1.29 is 4.79 Å². The molecule has 0 spiro atoms. The first-order valence-corrected chi connectivity index (χ1v) is 15.6. The maximum Gasteiger partial charge on any atom is 0.222 e. The van der Waals surface area contributed by atoms with Crippen LogP contribution in [0.15, 0.2) is 114 Å². The Bertz CT molecular complexity index is 1550. The molecule has 1 unspecified atom stereocenters. The van der Waals surface area contributed by atoms with Gasteiger partial charge in [-0.15, -0.1) is 0 Å². The number of carbonyl (C=O) groups is 1. The van der Waals surface area contributed by atoms with E-state index in [1.165, 1.54) is 5.56 Å². The molecule has 1 fully saturated rings. The Balaban J connectivity index is 1.31. The fraction of sp³-hybridized carbons (Fsp3) is 0.297. The number of nitrogens with one attached hydrogen (secondary N) is 1. The van der Waals surface area contributed by atoms with E-state index in [2.05, 4.69) is 106 Å². The lowest BCUT2D eigenvalue weighted by molar-refractivity contribution is -0.121. The number of carbonyl (C=O) groups excluding carboxylic acids is 1. The Hall–Kier alpha value is -4.46. The van der Waals surface area contributed by atoms with Crippen LogP contribution < -0.4 is 10.2 Å². The topological polar surface area (TPSA) is 54.4 Å². The van der Waals surface area contributed by atoms with Gasteiger partial charge in [0.15, 0.2) is 0 Å². The average molecular weight is 587 g/mol. The highest BCUT2D eigenvalue weighted by Gasteiger charge is 2.36. The molecule has 0 aromatic heterocycles. The number of hydrogen-bond donors (Lipinski definition) is 1. The van der Waals surface area contributed by atoms with Gasteiger partial charge in [0.25, 0.3) is 0 Å². The molecule has 7 heteroatoms. The molecular formula is C37H42N6O. The third-order valence-electron chi connectivity index (χ3n) is 8.53. The van der Waals surface area contributed by atoms with Gasteiger partial charge in [-0.2, -0.15) is 0 Å². The van der Waals surface area contributed by atoms with Gasteiger partial charge >= 0.3 is 0 Å². The van der Waals surface area contributed by atoms with Gasteiger partial charge in [0.2, 0.25) is 11.9 Å². The van der Waals surface area contributed by atoms with E-state index in [0.29, 0.717) is 13.0 Å². The molecule has 2 aliphatic rings. The number of piperazine rings is 1. The Morgan fingerprint density at radius 2 is 1.43 bits per heavy atom. The SMILES string of the molecule is CN(C)CCN1CCN(C2=Nc3ccccc3C(CC(=O)NCc3ccccc3)N2c2ccc(-c3ccccc3)cc2)CC1. The van der Waals surface area contributed by atoms with Crippen molar-refractivity contribution >= 4 is 23.2 Å². The summed E-state index contributed by atoms with van der Waals surface area (Å²) < 4.78 is 0. The van der Waals surface area contributed by atoms with E-state index in [0.717, 1.165) is 73.3 Å². The fourth-order valence-electron chi connectivity index (χ4n) is 6.03. The lowest BCUT2D eigenvalue weighted by Gasteiger charge is -2.45. The second kappa shape index (κ2) is 13.9. The molecule has 226 valence electrons. The smallest absolute Gasteiger partial charge is 0.222 e. The lowest BCUT2D eigenvalue weighted by atomic mass is 9.96. The van der Waals surface area contributed by atoms with Crippen LogP contribution in [0.3, 0.4) is 0 Å². The summed E-state index contributed by atoms with van der Waals surface area (Å²) in [6.07, 6.45) is 0.325. The monoisotopic (exact) mass is 586 g/mol. The van der Waals surface area contributed by atoms with E-state index in [1.54, 1.807) is 0 Å². The summed E-state index contributed by atoms with van der Waals surface area (Å²) in [5.74, 6) is 0.943. The predicted octanol–water partition coefficient (Wildman–Crippen LogP) is 5.79. The van der Waals surface area contributed by atoms with Crippen molar-refractivity contribution in [2.75, 3.05) is 58.3 Å². The van der Waals surface area contributed by atoms with E-state index in [-0.39, 0.29) is 11.9 Å². The van der Waals surface area contributed by atoms with Crippen molar-refractivity contribution in [3.8, 4) is 11.1 Å². The largest absolute Gasteiger partial charge is 0.352 e. The molecule has 1 N–H and O–H groups in total. The third-order valence-corrected chi connectivity index (χ3v) is 8.53. The summed E-state index contributed by atoms with van der Waals surface area (Å²) in [5, 5.41) is 3.17. The fourth-order valence-corrected chi connectivity index (χ4v) is 6.03. The third kappa shape index (κ3) is 7.01. The number of guanidine groups is 1. The molecule has 0 saturated carbocycles. The van der Waals surface area contributed by atoms with E-state index in [1.807, 2.05) is 42.5 Å². The van der Waals surface area contributed by atoms with Crippen LogP contribution in [-0.4, -0.2) is 79.9 Å². The number of amides is 1. The molecule has 0 aliphatic carbocycles. The zero-order valence-electron chi connectivity index (χ0n) is 25.8. The summed E-state index contributed by atoms with van der Waals surface area (Å²) in [5.41, 5.74) is 6.49. The molecule has 0 bridgehead atoms. The van der Waals surface area contributed by atoms with Gasteiger partial charge in [-0.05, 0) is 49.0 Å². The van der Waals surface area contributed by atoms with Crippen molar-refractivity contribution in [2.45, 2.75) is 19.0 Å². The zero-order chi connectivity index (χ0) is 30.3. The van der Waals surface area contributed by atoms with Crippen LogP contribution in [0.1, 0.15) is 23.6 Å². The van der Waals surface area contributed by atoms with Crippen LogP contribution in [-0.2, 0) is 11.3 Å². The molecule has 2 heterocycles. The number of benzene rings is 4. The van der Waals surface area contributed by atoms with Gasteiger partial charge < -0.3 is 20.0 Å². The highest BCUT2D eigenvalue weighted by molar-refractivity contribution is 6.01. The van der Waals surface area contributed by atoms with E-state index in [9.17, 15) is 4.79 Å². The summed E-state index contributed by atoms with van der Waals surface area (Å²) in [7, 11) is 4.25. The Labute approximate surface area is 261 Å². The Morgan fingerprint density at radius 1 is 0.795 bits per heavy atom. The van der Waals surface area contributed by atoms with Gasteiger partial charge in [-0.3, -0.25) is 9.69 Å². The minimum atomic E-state index is -0.191. The van der Waals surface area contributed by atoms with Gasteiger partial charge in [-0.1, -0.05) is 91.0 Å². The quantitative estimate of drug-likeness (QED) is 0.269. The first-order valence-electron chi connectivity index (χ1n) is 15.6.